The minimum absolute atomic E-state index is 0. The molecule has 5 nitrogen and oxygen atoms in total. The highest BCUT2D eigenvalue weighted by Crippen LogP contribution is 2.19. The Morgan fingerprint density at radius 1 is 1.32 bits per heavy atom. The van der Waals surface area contributed by atoms with E-state index in [1.807, 2.05) is 31.8 Å². The first-order chi connectivity index (χ1) is 11.7. The number of ether oxygens (including phenoxy) is 1. The molecule has 7 heteroatoms. The predicted molar refractivity (Wildman–Crippen MR) is 115 cm³/mol. The van der Waals surface area contributed by atoms with E-state index in [2.05, 4.69) is 39.5 Å². The van der Waals surface area contributed by atoms with Gasteiger partial charge in [0.25, 0.3) is 0 Å². The molecule has 1 aliphatic rings. The van der Waals surface area contributed by atoms with Gasteiger partial charge < -0.3 is 15.0 Å². The lowest BCUT2D eigenvalue weighted by atomic mass is 9.97. The molecule has 1 N–H and O–H groups in total. The van der Waals surface area contributed by atoms with Gasteiger partial charge in [-0.2, -0.15) is 0 Å². The van der Waals surface area contributed by atoms with E-state index in [0.717, 1.165) is 44.2 Å². The third kappa shape index (κ3) is 7.43. The number of aliphatic imine (C=N–C) groups is 1. The summed E-state index contributed by atoms with van der Waals surface area (Å²) >= 11 is 1.83. The van der Waals surface area contributed by atoms with Crippen molar-refractivity contribution in [1.29, 1.82) is 0 Å². The van der Waals surface area contributed by atoms with Crippen LogP contribution in [-0.4, -0.2) is 55.9 Å². The molecule has 0 bridgehead atoms. The number of thioether (sulfide) groups is 1. The fourth-order valence-electron chi connectivity index (χ4n) is 2.77. The van der Waals surface area contributed by atoms with E-state index in [0.29, 0.717) is 6.61 Å². The standard InChI is InChI=1S/C18H27N3O2S.HI/c1-3-23-17(22)15-9-12-21(13-10-15)18(19-2)20-11-14-24-16-7-5-4-6-8-16;/h4-8,15H,3,9-14H2,1-2H3,(H,19,20);1H. The molecule has 140 valence electrons. The Labute approximate surface area is 172 Å². The number of guanidine groups is 1. The van der Waals surface area contributed by atoms with E-state index in [1.165, 1.54) is 4.90 Å². The number of rotatable bonds is 6. The van der Waals surface area contributed by atoms with Crippen molar-refractivity contribution >= 4 is 47.7 Å². The Kier molecular flexibility index (Phi) is 11.0. The molecular weight excluding hydrogens is 449 g/mol. The maximum Gasteiger partial charge on any atom is 0.309 e. The number of hydrogen-bond acceptors (Lipinski definition) is 4. The monoisotopic (exact) mass is 477 g/mol. The predicted octanol–water partition coefficient (Wildman–Crippen LogP) is 3.25. The van der Waals surface area contributed by atoms with Crippen molar-refractivity contribution in [2.45, 2.75) is 24.7 Å². The third-order valence-corrected chi connectivity index (χ3v) is 5.04. The number of nitrogens with zero attached hydrogens (tertiary/aromatic N) is 2. The molecule has 0 aromatic heterocycles. The molecule has 0 saturated carbocycles. The van der Waals surface area contributed by atoms with Crippen LogP contribution in [0.5, 0.6) is 0 Å². The van der Waals surface area contributed by atoms with Crippen molar-refractivity contribution in [2.24, 2.45) is 10.9 Å². The van der Waals surface area contributed by atoms with Gasteiger partial charge in [0, 0.05) is 37.3 Å². The maximum absolute atomic E-state index is 11.8. The Morgan fingerprint density at radius 3 is 2.60 bits per heavy atom. The lowest BCUT2D eigenvalue weighted by Crippen LogP contribution is -2.47. The summed E-state index contributed by atoms with van der Waals surface area (Å²) in [5.41, 5.74) is 0. The molecule has 25 heavy (non-hydrogen) atoms. The maximum atomic E-state index is 11.8. The summed E-state index contributed by atoms with van der Waals surface area (Å²) < 4.78 is 5.12. The van der Waals surface area contributed by atoms with Crippen molar-refractivity contribution in [3.63, 3.8) is 0 Å². The summed E-state index contributed by atoms with van der Waals surface area (Å²) in [5.74, 6) is 1.89. The summed E-state index contributed by atoms with van der Waals surface area (Å²) in [5, 5.41) is 3.42. The highest BCUT2D eigenvalue weighted by atomic mass is 127. The normalized spacial score (nSPS) is 15.4. The van der Waals surface area contributed by atoms with Crippen LogP contribution in [0.2, 0.25) is 0 Å². The Bertz CT molecular complexity index is 534. The molecule has 0 unspecified atom stereocenters. The smallest absolute Gasteiger partial charge is 0.309 e. The van der Waals surface area contributed by atoms with E-state index in [1.54, 1.807) is 0 Å². The number of carbonyl (C=O) groups is 1. The van der Waals surface area contributed by atoms with Crippen LogP contribution >= 0.6 is 35.7 Å². The van der Waals surface area contributed by atoms with Gasteiger partial charge in [-0.25, -0.2) is 0 Å². The van der Waals surface area contributed by atoms with E-state index in [-0.39, 0.29) is 35.9 Å². The van der Waals surface area contributed by atoms with Crippen LogP contribution in [-0.2, 0) is 9.53 Å². The zero-order valence-electron chi connectivity index (χ0n) is 14.9. The van der Waals surface area contributed by atoms with E-state index < -0.39 is 0 Å². The summed E-state index contributed by atoms with van der Waals surface area (Å²) in [6.45, 7) is 4.86. The number of benzene rings is 1. The zero-order valence-corrected chi connectivity index (χ0v) is 18.1. The summed E-state index contributed by atoms with van der Waals surface area (Å²) in [6.07, 6.45) is 1.66. The molecule has 1 fully saturated rings. The van der Waals surface area contributed by atoms with Gasteiger partial charge >= 0.3 is 5.97 Å². The van der Waals surface area contributed by atoms with Crippen LogP contribution < -0.4 is 5.32 Å². The zero-order chi connectivity index (χ0) is 17.2. The first-order valence-corrected chi connectivity index (χ1v) is 9.53. The van der Waals surface area contributed by atoms with Gasteiger partial charge in [-0.1, -0.05) is 18.2 Å². The molecule has 0 aliphatic carbocycles. The fourth-order valence-corrected chi connectivity index (χ4v) is 3.56. The minimum atomic E-state index is -0.0562. The Morgan fingerprint density at radius 2 is 2.00 bits per heavy atom. The van der Waals surface area contributed by atoms with Gasteiger partial charge in [-0.3, -0.25) is 9.79 Å². The highest BCUT2D eigenvalue weighted by molar-refractivity contribution is 14.0. The molecule has 0 spiro atoms. The van der Waals surface area contributed by atoms with Crippen molar-refractivity contribution in [3.05, 3.63) is 30.3 Å². The molecule has 1 aromatic rings. The van der Waals surface area contributed by atoms with Crippen molar-refractivity contribution in [1.82, 2.24) is 10.2 Å². The summed E-state index contributed by atoms with van der Waals surface area (Å²) in [7, 11) is 1.81. The number of halogens is 1. The Balaban J connectivity index is 0.00000312. The molecule has 0 atom stereocenters. The second kappa shape index (κ2) is 12.4. The molecule has 0 radical (unpaired) electrons. The van der Waals surface area contributed by atoms with Gasteiger partial charge in [0.1, 0.15) is 0 Å². The molecule has 1 aliphatic heterocycles. The van der Waals surface area contributed by atoms with E-state index in [9.17, 15) is 4.79 Å². The van der Waals surface area contributed by atoms with Gasteiger partial charge in [0.15, 0.2) is 5.96 Å². The molecular formula is C18H28IN3O2S. The van der Waals surface area contributed by atoms with E-state index >= 15 is 0 Å². The van der Waals surface area contributed by atoms with Gasteiger partial charge in [0.2, 0.25) is 0 Å². The fraction of sp³-hybridized carbons (Fsp3) is 0.556. The van der Waals surface area contributed by atoms with Gasteiger partial charge in [-0.05, 0) is 31.9 Å². The Hall–Kier alpha value is -0.960. The number of esters is 1. The summed E-state index contributed by atoms with van der Waals surface area (Å²) in [4.78, 5) is 19.7. The lowest BCUT2D eigenvalue weighted by Gasteiger charge is -2.33. The second-order valence-corrected chi connectivity index (χ2v) is 6.82. The first kappa shape index (κ1) is 22.1. The molecule has 0 amide bonds. The van der Waals surface area contributed by atoms with Crippen LogP contribution in [0.1, 0.15) is 19.8 Å². The average molecular weight is 477 g/mol. The SMILES string of the molecule is CCOC(=O)C1CCN(C(=NC)NCCSc2ccccc2)CC1.I. The third-order valence-electron chi connectivity index (χ3n) is 4.02. The number of likely N-dealkylation sites (tertiary alicyclic amines) is 1. The van der Waals surface area contributed by atoms with Crippen molar-refractivity contribution in [3.8, 4) is 0 Å². The van der Waals surface area contributed by atoms with Crippen LogP contribution in [0.25, 0.3) is 0 Å². The summed E-state index contributed by atoms with van der Waals surface area (Å²) in [6, 6.07) is 10.4. The van der Waals surface area contributed by atoms with Crippen LogP contribution in [0.15, 0.2) is 40.2 Å². The number of hydrogen-bond donors (Lipinski definition) is 1. The van der Waals surface area contributed by atoms with Crippen LogP contribution in [0.3, 0.4) is 0 Å². The van der Waals surface area contributed by atoms with Crippen molar-refractivity contribution in [2.75, 3.05) is 39.0 Å². The molecule has 1 heterocycles. The van der Waals surface area contributed by atoms with Crippen molar-refractivity contribution < 1.29 is 9.53 Å². The molecule has 2 rings (SSSR count). The first-order valence-electron chi connectivity index (χ1n) is 8.54. The van der Waals surface area contributed by atoms with Crippen LogP contribution in [0, 0.1) is 5.92 Å². The number of carbonyl (C=O) groups excluding carboxylic acids is 1. The average Bonchev–Trinajstić information content (AvgIpc) is 2.63. The largest absolute Gasteiger partial charge is 0.466 e. The van der Waals surface area contributed by atoms with Crippen LogP contribution in [0.4, 0.5) is 0 Å². The minimum Gasteiger partial charge on any atom is -0.466 e. The van der Waals surface area contributed by atoms with Gasteiger partial charge in [0.05, 0.1) is 12.5 Å². The lowest BCUT2D eigenvalue weighted by molar-refractivity contribution is -0.149. The highest BCUT2D eigenvalue weighted by Gasteiger charge is 2.27. The molecule has 1 aromatic carbocycles. The quantitative estimate of drug-likeness (QED) is 0.170. The van der Waals surface area contributed by atoms with Gasteiger partial charge in [-0.15, -0.1) is 35.7 Å². The molecule has 1 saturated heterocycles. The second-order valence-electron chi connectivity index (χ2n) is 5.65. The number of nitrogens with one attached hydrogen (secondary N) is 1. The number of piperidine rings is 1. The topological polar surface area (TPSA) is 53.9 Å². The van der Waals surface area contributed by atoms with E-state index in [4.69, 9.17) is 4.74 Å².